The molecule has 2 saturated carbocycles. The van der Waals surface area contributed by atoms with E-state index in [0.717, 1.165) is 32.1 Å². The minimum Gasteiger partial charge on any atom is -0.465 e. The van der Waals surface area contributed by atoms with Gasteiger partial charge < -0.3 is 9.84 Å². The largest absolute Gasteiger partial charge is 0.465 e. The van der Waals surface area contributed by atoms with E-state index < -0.39 is 11.0 Å². The number of fused-ring (bicyclic) bond motifs is 1. The molecule has 0 spiro atoms. The maximum atomic E-state index is 12.0. The summed E-state index contributed by atoms with van der Waals surface area (Å²) in [5, 5.41) is 10.6. The lowest BCUT2D eigenvalue weighted by molar-refractivity contribution is -0.169. The summed E-state index contributed by atoms with van der Waals surface area (Å²) in [4.78, 5) is 12.0. The summed E-state index contributed by atoms with van der Waals surface area (Å²) in [6.45, 7) is 4.28. The van der Waals surface area contributed by atoms with Crippen LogP contribution in [0.5, 0.6) is 0 Å². The Kier molecular flexibility index (Phi) is 2.53. The molecular weight excluding hydrogens is 192 g/mol. The quantitative estimate of drug-likeness (QED) is 0.711. The Hall–Kier alpha value is -0.570. The monoisotopic (exact) mass is 212 g/mol. The van der Waals surface area contributed by atoms with Gasteiger partial charge >= 0.3 is 5.97 Å². The molecule has 3 heteroatoms. The van der Waals surface area contributed by atoms with E-state index in [-0.39, 0.29) is 11.9 Å². The molecule has 3 atom stereocenters. The average molecular weight is 212 g/mol. The van der Waals surface area contributed by atoms with Gasteiger partial charge in [0.05, 0.1) is 17.6 Å². The third-order valence-electron chi connectivity index (χ3n) is 4.48. The molecule has 3 nitrogen and oxygen atoms in total. The molecule has 0 aromatic rings. The summed E-state index contributed by atoms with van der Waals surface area (Å²) in [5.74, 6) is 0.0544. The molecule has 0 aromatic heterocycles. The Morgan fingerprint density at radius 1 is 1.47 bits per heavy atom. The normalized spacial score (nSPS) is 44.1. The zero-order valence-electron chi connectivity index (χ0n) is 9.58. The number of rotatable bonds is 2. The number of aliphatic hydroxyl groups is 1. The fraction of sp³-hybridized carbons (Fsp3) is 0.917. The van der Waals surface area contributed by atoms with Crippen molar-refractivity contribution >= 4 is 5.97 Å². The molecule has 2 aliphatic rings. The fourth-order valence-electron chi connectivity index (χ4n) is 3.53. The zero-order valence-corrected chi connectivity index (χ0v) is 9.58. The second-order valence-electron chi connectivity index (χ2n) is 5.02. The van der Waals surface area contributed by atoms with Crippen LogP contribution in [0.1, 0.15) is 46.0 Å². The first-order valence-electron chi connectivity index (χ1n) is 5.96. The van der Waals surface area contributed by atoms with Gasteiger partial charge in [-0.15, -0.1) is 0 Å². The van der Waals surface area contributed by atoms with Crippen LogP contribution in [0, 0.1) is 11.3 Å². The number of esters is 1. The van der Waals surface area contributed by atoms with Gasteiger partial charge in [-0.1, -0.05) is 6.92 Å². The van der Waals surface area contributed by atoms with Gasteiger partial charge in [0.15, 0.2) is 0 Å². The Morgan fingerprint density at radius 3 is 2.87 bits per heavy atom. The van der Waals surface area contributed by atoms with Gasteiger partial charge in [-0.25, -0.2) is 0 Å². The van der Waals surface area contributed by atoms with Crippen molar-refractivity contribution in [2.75, 3.05) is 6.61 Å². The Labute approximate surface area is 90.8 Å². The van der Waals surface area contributed by atoms with Crippen LogP contribution < -0.4 is 0 Å². The average Bonchev–Trinajstić information content (AvgIpc) is 2.65. The molecule has 0 radical (unpaired) electrons. The van der Waals surface area contributed by atoms with E-state index in [4.69, 9.17) is 4.74 Å². The number of carbonyl (C=O) groups is 1. The van der Waals surface area contributed by atoms with E-state index in [0.29, 0.717) is 6.61 Å². The Balaban J connectivity index is 2.29. The van der Waals surface area contributed by atoms with Gasteiger partial charge in [0, 0.05) is 0 Å². The predicted molar refractivity (Wildman–Crippen MR) is 56.3 cm³/mol. The summed E-state index contributed by atoms with van der Waals surface area (Å²) < 4.78 is 5.15. The zero-order chi connectivity index (χ0) is 11.1. The van der Waals surface area contributed by atoms with Crippen LogP contribution in [0.3, 0.4) is 0 Å². The van der Waals surface area contributed by atoms with E-state index in [9.17, 15) is 9.90 Å². The van der Waals surface area contributed by atoms with Crippen molar-refractivity contribution in [3.8, 4) is 0 Å². The summed E-state index contributed by atoms with van der Waals surface area (Å²) in [5.41, 5.74) is -1.37. The lowest BCUT2D eigenvalue weighted by atomic mass is 9.74. The van der Waals surface area contributed by atoms with E-state index in [1.807, 2.05) is 13.8 Å². The van der Waals surface area contributed by atoms with Crippen molar-refractivity contribution in [1.82, 2.24) is 0 Å². The maximum Gasteiger partial charge on any atom is 0.315 e. The summed E-state index contributed by atoms with van der Waals surface area (Å²) >= 11 is 0. The molecule has 0 aromatic carbocycles. The highest BCUT2D eigenvalue weighted by Gasteiger charge is 2.65. The molecule has 0 heterocycles. The topological polar surface area (TPSA) is 46.5 Å². The third kappa shape index (κ3) is 1.25. The van der Waals surface area contributed by atoms with Crippen LogP contribution >= 0.6 is 0 Å². The van der Waals surface area contributed by atoms with Gasteiger partial charge in [-0.05, 0) is 44.9 Å². The molecule has 2 rings (SSSR count). The highest BCUT2D eigenvalue weighted by molar-refractivity contribution is 5.79. The smallest absolute Gasteiger partial charge is 0.315 e. The summed E-state index contributed by atoms with van der Waals surface area (Å²) in [6, 6.07) is 0. The van der Waals surface area contributed by atoms with Crippen molar-refractivity contribution in [1.29, 1.82) is 0 Å². The molecule has 0 amide bonds. The maximum absolute atomic E-state index is 12.0. The molecule has 0 saturated heterocycles. The lowest BCUT2D eigenvalue weighted by Crippen LogP contribution is -2.48. The Morgan fingerprint density at radius 2 is 2.20 bits per heavy atom. The standard InChI is InChI=1S/C12H20O3/c1-3-15-10(13)11-6-4-7-12(11,14)9(2)5-8-11/h9,14H,3-8H2,1-2H3/t9-,11+,12+/m1/s1. The van der Waals surface area contributed by atoms with Crippen LogP contribution in [0.25, 0.3) is 0 Å². The van der Waals surface area contributed by atoms with Gasteiger partial charge in [0.25, 0.3) is 0 Å². The summed E-state index contributed by atoms with van der Waals surface area (Å²) in [7, 11) is 0. The third-order valence-corrected chi connectivity index (χ3v) is 4.48. The molecule has 2 fully saturated rings. The second-order valence-corrected chi connectivity index (χ2v) is 5.02. The van der Waals surface area contributed by atoms with Crippen molar-refractivity contribution in [3.05, 3.63) is 0 Å². The molecule has 15 heavy (non-hydrogen) atoms. The first-order valence-corrected chi connectivity index (χ1v) is 5.96. The van der Waals surface area contributed by atoms with Crippen molar-refractivity contribution in [2.45, 2.75) is 51.6 Å². The molecule has 0 unspecified atom stereocenters. The fourth-order valence-corrected chi connectivity index (χ4v) is 3.53. The summed E-state index contributed by atoms with van der Waals surface area (Å²) in [6.07, 6.45) is 4.23. The minimum absolute atomic E-state index is 0.172. The molecule has 0 bridgehead atoms. The van der Waals surface area contributed by atoms with E-state index >= 15 is 0 Å². The molecule has 0 aliphatic heterocycles. The van der Waals surface area contributed by atoms with Crippen LogP contribution in [0.2, 0.25) is 0 Å². The van der Waals surface area contributed by atoms with Crippen LogP contribution in [-0.4, -0.2) is 23.3 Å². The van der Waals surface area contributed by atoms with Gasteiger partial charge in [-0.3, -0.25) is 4.79 Å². The van der Waals surface area contributed by atoms with Gasteiger partial charge in [-0.2, -0.15) is 0 Å². The first kappa shape index (κ1) is 10.9. The minimum atomic E-state index is -0.792. The number of carbonyl (C=O) groups excluding carboxylic acids is 1. The van der Waals surface area contributed by atoms with Crippen molar-refractivity contribution in [3.63, 3.8) is 0 Å². The van der Waals surface area contributed by atoms with E-state index in [1.54, 1.807) is 0 Å². The van der Waals surface area contributed by atoms with Gasteiger partial charge in [0.2, 0.25) is 0 Å². The van der Waals surface area contributed by atoms with Crippen molar-refractivity contribution < 1.29 is 14.6 Å². The highest BCUT2D eigenvalue weighted by Crippen LogP contribution is 2.60. The Bertz CT molecular complexity index is 276. The molecule has 86 valence electrons. The molecular formula is C12H20O3. The number of hydrogen-bond donors (Lipinski definition) is 1. The van der Waals surface area contributed by atoms with Gasteiger partial charge in [0.1, 0.15) is 0 Å². The second kappa shape index (κ2) is 3.48. The molecule has 1 N–H and O–H groups in total. The van der Waals surface area contributed by atoms with E-state index in [1.165, 1.54) is 0 Å². The van der Waals surface area contributed by atoms with Crippen LogP contribution in [-0.2, 0) is 9.53 Å². The molecule has 2 aliphatic carbocycles. The van der Waals surface area contributed by atoms with Crippen LogP contribution in [0.4, 0.5) is 0 Å². The first-order chi connectivity index (χ1) is 7.07. The predicted octanol–water partition coefficient (Wildman–Crippen LogP) is 1.88. The lowest BCUT2D eigenvalue weighted by Gasteiger charge is -2.36. The SMILES string of the molecule is CCOC(=O)[C@@]12CCC[C@]1(O)[C@H](C)CC2. The van der Waals surface area contributed by atoms with E-state index in [2.05, 4.69) is 0 Å². The van der Waals surface area contributed by atoms with Crippen molar-refractivity contribution in [2.24, 2.45) is 11.3 Å². The number of ether oxygens (including phenoxy) is 1. The number of hydrogen-bond acceptors (Lipinski definition) is 3. The highest BCUT2D eigenvalue weighted by atomic mass is 16.5. The van der Waals surface area contributed by atoms with Crippen LogP contribution in [0.15, 0.2) is 0 Å².